The van der Waals surface area contributed by atoms with E-state index in [1.165, 1.54) is 10.5 Å². The number of amides is 1. The van der Waals surface area contributed by atoms with Crippen molar-refractivity contribution < 1.29 is 9.90 Å². The van der Waals surface area contributed by atoms with Gasteiger partial charge in [0.05, 0.1) is 12.2 Å². The molecule has 0 spiro atoms. The van der Waals surface area contributed by atoms with Gasteiger partial charge in [-0.2, -0.15) is 0 Å². The lowest BCUT2D eigenvalue weighted by atomic mass is 10.0. The average molecular weight is 239 g/mol. The van der Waals surface area contributed by atoms with Crippen LogP contribution in [0.1, 0.15) is 16.7 Å². The van der Waals surface area contributed by atoms with Gasteiger partial charge in [0.1, 0.15) is 0 Å². The average Bonchev–Trinajstić information content (AvgIpc) is 2.55. The first-order chi connectivity index (χ1) is 8.75. The minimum Gasteiger partial charge on any atom is -0.465 e. The molecular formula is C15H13NO2. The molecule has 0 bridgehead atoms. The van der Waals surface area contributed by atoms with E-state index in [-0.39, 0.29) is 0 Å². The number of carbonyl (C=O) groups is 1. The van der Waals surface area contributed by atoms with E-state index in [1.54, 1.807) is 0 Å². The summed E-state index contributed by atoms with van der Waals surface area (Å²) in [5.41, 5.74) is 4.14. The van der Waals surface area contributed by atoms with Gasteiger partial charge in [0.15, 0.2) is 0 Å². The Balaban J connectivity index is 2.17. The van der Waals surface area contributed by atoms with Crippen LogP contribution in [0.5, 0.6) is 0 Å². The maximum absolute atomic E-state index is 11.4. The number of carboxylic acid groups (broad SMARTS) is 1. The molecule has 2 aromatic rings. The largest absolute Gasteiger partial charge is 0.465 e. The van der Waals surface area contributed by atoms with Crippen molar-refractivity contribution in [3.05, 3.63) is 65.2 Å². The van der Waals surface area contributed by atoms with E-state index < -0.39 is 6.09 Å². The molecule has 0 saturated heterocycles. The van der Waals surface area contributed by atoms with Gasteiger partial charge in [0.2, 0.25) is 0 Å². The molecule has 1 N–H and O–H groups in total. The molecule has 0 unspecified atom stereocenters. The summed E-state index contributed by atoms with van der Waals surface area (Å²) in [6.45, 7) is 0.419. The maximum Gasteiger partial charge on any atom is 0.412 e. The van der Waals surface area contributed by atoms with Gasteiger partial charge in [-0.15, -0.1) is 0 Å². The summed E-state index contributed by atoms with van der Waals surface area (Å²) in [4.78, 5) is 12.8. The van der Waals surface area contributed by atoms with Gasteiger partial charge in [0.25, 0.3) is 0 Å². The van der Waals surface area contributed by atoms with Crippen LogP contribution in [0.4, 0.5) is 10.5 Å². The van der Waals surface area contributed by atoms with Crippen molar-refractivity contribution in [2.45, 2.75) is 13.0 Å². The number of fused-ring (bicyclic) bond motifs is 2. The first kappa shape index (κ1) is 10.8. The minimum atomic E-state index is -0.904. The SMILES string of the molecule is O=C(O)N1Cc2ccccc2Cc2ccccc21. The lowest BCUT2D eigenvalue weighted by molar-refractivity contribution is 0.201. The molecule has 3 rings (SSSR count). The molecule has 0 atom stereocenters. The van der Waals surface area contributed by atoms with Gasteiger partial charge in [0, 0.05) is 0 Å². The van der Waals surface area contributed by atoms with Gasteiger partial charge in [-0.25, -0.2) is 4.79 Å². The third-order valence-electron chi connectivity index (χ3n) is 3.34. The lowest BCUT2D eigenvalue weighted by Crippen LogP contribution is -2.28. The first-order valence-corrected chi connectivity index (χ1v) is 5.91. The number of hydrogen-bond acceptors (Lipinski definition) is 1. The Bertz CT molecular complexity index is 607. The monoisotopic (exact) mass is 239 g/mol. The van der Waals surface area contributed by atoms with Crippen LogP contribution in [0, 0.1) is 0 Å². The predicted octanol–water partition coefficient (Wildman–Crippen LogP) is 3.28. The Morgan fingerprint density at radius 1 is 0.944 bits per heavy atom. The number of anilines is 1. The number of rotatable bonds is 0. The quantitative estimate of drug-likeness (QED) is 0.766. The van der Waals surface area contributed by atoms with Crippen molar-refractivity contribution in [3.63, 3.8) is 0 Å². The molecule has 1 aliphatic rings. The summed E-state index contributed by atoms with van der Waals surface area (Å²) < 4.78 is 0. The zero-order valence-corrected chi connectivity index (χ0v) is 9.84. The molecular weight excluding hydrogens is 226 g/mol. The summed E-state index contributed by atoms with van der Waals surface area (Å²) in [6.07, 6.45) is -0.116. The van der Waals surface area contributed by atoms with E-state index in [4.69, 9.17) is 0 Å². The molecule has 0 aromatic heterocycles. The van der Waals surface area contributed by atoms with Gasteiger partial charge in [-0.05, 0) is 29.2 Å². The number of benzene rings is 2. The predicted molar refractivity (Wildman–Crippen MR) is 69.9 cm³/mol. The minimum absolute atomic E-state index is 0.419. The Morgan fingerprint density at radius 2 is 1.56 bits per heavy atom. The van der Waals surface area contributed by atoms with Crippen LogP contribution in [-0.4, -0.2) is 11.2 Å². The third kappa shape index (κ3) is 1.74. The van der Waals surface area contributed by atoms with Crippen LogP contribution >= 0.6 is 0 Å². The molecule has 2 aromatic carbocycles. The lowest BCUT2D eigenvalue weighted by Gasteiger charge is -2.19. The maximum atomic E-state index is 11.4. The zero-order chi connectivity index (χ0) is 12.5. The van der Waals surface area contributed by atoms with Crippen LogP contribution in [0.2, 0.25) is 0 Å². The van der Waals surface area contributed by atoms with E-state index in [1.807, 2.05) is 42.5 Å². The van der Waals surface area contributed by atoms with E-state index in [0.717, 1.165) is 23.2 Å². The highest BCUT2D eigenvalue weighted by Gasteiger charge is 2.22. The Kier molecular flexibility index (Phi) is 2.52. The summed E-state index contributed by atoms with van der Waals surface area (Å²) in [6, 6.07) is 15.7. The molecule has 18 heavy (non-hydrogen) atoms. The van der Waals surface area contributed by atoms with Gasteiger partial charge >= 0.3 is 6.09 Å². The standard InChI is InChI=1S/C15H13NO2/c17-15(18)16-10-13-7-2-1-5-11(13)9-12-6-3-4-8-14(12)16/h1-8H,9-10H2,(H,17,18). The zero-order valence-electron chi connectivity index (χ0n) is 9.84. The number of hydrogen-bond donors (Lipinski definition) is 1. The summed E-state index contributed by atoms with van der Waals surface area (Å²) in [5, 5.41) is 9.36. The number of nitrogens with zero attached hydrogens (tertiary/aromatic N) is 1. The van der Waals surface area contributed by atoms with Crippen molar-refractivity contribution in [1.29, 1.82) is 0 Å². The highest BCUT2D eigenvalue weighted by molar-refractivity contribution is 5.87. The van der Waals surface area contributed by atoms with Crippen molar-refractivity contribution in [2.75, 3.05) is 4.90 Å². The normalized spacial score (nSPS) is 13.4. The van der Waals surface area contributed by atoms with Crippen LogP contribution in [-0.2, 0) is 13.0 Å². The fourth-order valence-electron chi connectivity index (χ4n) is 2.44. The highest BCUT2D eigenvalue weighted by Crippen LogP contribution is 2.30. The van der Waals surface area contributed by atoms with Gasteiger partial charge in [-0.1, -0.05) is 42.5 Å². The van der Waals surface area contributed by atoms with Crippen LogP contribution in [0.15, 0.2) is 48.5 Å². The topological polar surface area (TPSA) is 40.5 Å². The van der Waals surface area contributed by atoms with Crippen molar-refractivity contribution in [1.82, 2.24) is 0 Å². The van der Waals surface area contributed by atoms with E-state index in [0.29, 0.717) is 6.54 Å². The molecule has 0 radical (unpaired) electrons. The molecule has 1 heterocycles. The van der Waals surface area contributed by atoms with Crippen molar-refractivity contribution in [2.24, 2.45) is 0 Å². The molecule has 3 heteroatoms. The van der Waals surface area contributed by atoms with Crippen LogP contribution < -0.4 is 4.90 Å². The molecule has 0 saturated carbocycles. The second-order valence-corrected chi connectivity index (χ2v) is 4.44. The summed E-state index contributed by atoms with van der Waals surface area (Å²) in [7, 11) is 0. The molecule has 0 fully saturated rings. The van der Waals surface area contributed by atoms with Gasteiger partial charge < -0.3 is 5.11 Å². The highest BCUT2D eigenvalue weighted by atomic mass is 16.4. The Morgan fingerprint density at radius 3 is 2.28 bits per heavy atom. The van der Waals surface area contributed by atoms with E-state index >= 15 is 0 Å². The Hall–Kier alpha value is -2.29. The second-order valence-electron chi connectivity index (χ2n) is 4.44. The molecule has 0 aliphatic carbocycles. The Labute approximate surface area is 105 Å². The van der Waals surface area contributed by atoms with E-state index in [2.05, 4.69) is 6.07 Å². The van der Waals surface area contributed by atoms with Crippen LogP contribution in [0.3, 0.4) is 0 Å². The molecule has 90 valence electrons. The molecule has 1 aliphatic heterocycles. The molecule has 3 nitrogen and oxygen atoms in total. The fourth-order valence-corrected chi connectivity index (χ4v) is 2.44. The van der Waals surface area contributed by atoms with Crippen LogP contribution in [0.25, 0.3) is 0 Å². The van der Waals surface area contributed by atoms with Crippen molar-refractivity contribution in [3.8, 4) is 0 Å². The van der Waals surface area contributed by atoms with Gasteiger partial charge in [-0.3, -0.25) is 4.90 Å². The smallest absolute Gasteiger partial charge is 0.412 e. The number of para-hydroxylation sites is 1. The van der Waals surface area contributed by atoms with Crippen molar-refractivity contribution >= 4 is 11.8 Å². The molecule has 1 amide bonds. The summed E-state index contributed by atoms with van der Waals surface area (Å²) >= 11 is 0. The van der Waals surface area contributed by atoms with E-state index in [9.17, 15) is 9.90 Å². The fraction of sp³-hybridized carbons (Fsp3) is 0.133. The first-order valence-electron chi connectivity index (χ1n) is 5.91. The summed E-state index contributed by atoms with van der Waals surface area (Å²) in [5.74, 6) is 0. The second kappa shape index (κ2) is 4.18. The third-order valence-corrected chi connectivity index (χ3v) is 3.34.